The second-order valence-electron chi connectivity index (χ2n) is 6.91. The summed E-state index contributed by atoms with van der Waals surface area (Å²) in [5, 5.41) is 2.53. The van der Waals surface area contributed by atoms with Gasteiger partial charge in [0.1, 0.15) is 11.6 Å². The van der Waals surface area contributed by atoms with E-state index < -0.39 is 17.5 Å². The smallest absolute Gasteiger partial charge is 0.254 e. The fourth-order valence-electron chi connectivity index (χ4n) is 3.37. The largest absolute Gasteiger partial charge is 0.351 e. The first kappa shape index (κ1) is 19.9. The number of hydrogen-bond acceptors (Lipinski definition) is 3. The quantitative estimate of drug-likeness (QED) is 0.858. The van der Waals surface area contributed by atoms with Crippen LogP contribution in [0.25, 0.3) is 0 Å². The Kier molecular flexibility index (Phi) is 6.36. The number of hydrogen-bond donors (Lipinski definition) is 1. The van der Waals surface area contributed by atoms with Crippen LogP contribution in [0.5, 0.6) is 0 Å². The van der Waals surface area contributed by atoms with Crippen molar-refractivity contribution in [2.75, 3.05) is 33.2 Å². The van der Waals surface area contributed by atoms with Gasteiger partial charge in [0.25, 0.3) is 5.91 Å². The number of benzene rings is 2. The van der Waals surface area contributed by atoms with Crippen LogP contribution in [0.2, 0.25) is 0 Å². The Morgan fingerprint density at radius 2 is 1.86 bits per heavy atom. The van der Waals surface area contributed by atoms with Crippen molar-refractivity contribution in [3.63, 3.8) is 0 Å². The van der Waals surface area contributed by atoms with Crippen molar-refractivity contribution in [2.24, 2.45) is 0 Å². The summed E-state index contributed by atoms with van der Waals surface area (Å²) in [6, 6.07) is 12.6. The number of amides is 2. The van der Waals surface area contributed by atoms with Crippen molar-refractivity contribution in [3.05, 3.63) is 71.3 Å². The zero-order valence-electron chi connectivity index (χ0n) is 15.7. The monoisotopic (exact) mass is 387 g/mol. The number of nitrogens with one attached hydrogen (secondary N) is 1. The van der Waals surface area contributed by atoms with Gasteiger partial charge in [-0.2, -0.15) is 0 Å². The summed E-state index contributed by atoms with van der Waals surface area (Å²) in [4.78, 5) is 28.8. The van der Waals surface area contributed by atoms with Crippen LogP contribution in [-0.4, -0.2) is 54.8 Å². The molecule has 148 valence electrons. The zero-order valence-corrected chi connectivity index (χ0v) is 15.7. The second-order valence-corrected chi connectivity index (χ2v) is 6.91. The number of carbonyl (C=O) groups excluding carboxylic acids is 2. The molecule has 0 radical (unpaired) electrons. The molecule has 1 N–H and O–H groups in total. The first-order valence-electron chi connectivity index (χ1n) is 9.22. The van der Waals surface area contributed by atoms with Gasteiger partial charge in [0.05, 0.1) is 11.6 Å². The van der Waals surface area contributed by atoms with Gasteiger partial charge in [0, 0.05) is 38.7 Å². The lowest BCUT2D eigenvalue weighted by Gasteiger charge is -2.40. The Hall–Kier alpha value is -2.80. The summed E-state index contributed by atoms with van der Waals surface area (Å²) in [5.41, 5.74) is 0.829. The molecule has 28 heavy (non-hydrogen) atoms. The van der Waals surface area contributed by atoms with E-state index in [1.165, 1.54) is 0 Å². The van der Waals surface area contributed by atoms with Crippen LogP contribution in [0.4, 0.5) is 8.78 Å². The van der Waals surface area contributed by atoms with Gasteiger partial charge in [-0.25, -0.2) is 8.78 Å². The molecule has 1 aliphatic rings. The summed E-state index contributed by atoms with van der Waals surface area (Å²) < 4.78 is 26.6. The average molecular weight is 387 g/mol. The first-order chi connectivity index (χ1) is 13.5. The number of likely N-dealkylation sites (N-methyl/N-ethyl adjacent to an activating group) is 1. The molecule has 7 heteroatoms. The highest BCUT2D eigenvalue weighted by atomic mass is 19.1. The standard InChI is InChI=1S/C21H23F2N3O2/c1-25-11-12-26(19(14-25)15-5-3-2-4-6-15)20(27)9-10-24-21(28)17-8-7-16(22)13-18(17)23/h2-8,13,19H,9-12,14H2,1H3,(H,24,28)/t19-/m0/s1. The second kappa shape index (κ2) is 8.93. The third-order valence-corrected chi connectivity index (χ3v) is 4.89. The van der Waals surface area contributed by atoms with Crippen LogP contribution in [-0.2, 0) is 4.79 Å². The molecule has 0 unspecified atom stereocenters. The van der Waals surface area contributed by atoms with E-state index in [1.807, 2.05) is 42.3 Å². The molecule has 2 amide bonds. The summed E-state index contributed by atoms with van der Waals surface area (Å²) in [6.07, 6.45) is 0.113. The van der Waals surface area contributed by atoms with E-state index in [9.17, 15) is 18.4 Å². The van der Waals surface area contributed by atoms with Crippen LogP contribution < -0.4 is 5.32 Å². The molecule has 3 rings (SSSR count). The van der Waals surface area contributed by atoms with Crippen molar-refractivity contribution in [2.45, 2.75) is 12.5 Å². The Labute approximate surface area is 162 Å². The summed E-state index contributed by atoms with van der Waals surface area (Å²) in [7, 11) is 2.02. The predicted octanol–water partition coefficient (Wildman–Crippen LogP) is 2.60. The summed E-state index contributed by atoms with van der Waals surface area (Å²) in [6.45, 7) is 2.21. The maximum atomic E-state index is 13.7. The molecule has 0 spiro atoms. The zero-order chi connectivity index (χ0) is 20.1. The molecule has 5 nitrogen and oxygen atoms in total. The lowest BCUT2D eigenvalue weighted by atomic mass is 10.0. The molecule has 1 saturated heterocycles. The lowest BCUT2D eigenvalue weighted by molar-refractivity contribution is -0.136. The van der Waals surface area contributed by atoms with Gasteiger partial charge in [-0.1, -0.05) is 30.3 Å². The van der Waals surface area contributed by atoms with Gasteiger partial charge in [0.15, 0.2) is 0 Å². The van der Waals surface area contributed by atoms with E-state index in [-0.39, 0.29) is 30.5 Å². The van der Waals surface area contributed by atoms with Crippen molar-refractivity contribution in [1.82, 2.24) is 15.1 Å². The summed E-state index contributed by atoms with van der Waals surface area (Å²) in [5.74, 6) is -2.40. The Bertz CT molecular complexity index is 845. The van der Waals surface area contributed by atoms with Crippen LogP contribution >= 0.6 is 0 Å². The number of piperazine rings is 1. The molecule has 0 aliphatic carbocycles. The minimum atomic E-state index is -0.924. The minimum Gasteiger partial charge on any atom is -0.351 e. The Balaban J connectivity index is 1.59. The third kappa shape index (κ3) is 4.72. The van der Waals surface area contributed by atoms with E-state index in [1.54, 1.807) is 0 Å². The highest BCUT2D eigenvalue weighted by molar-refractivity contribution is 5.94. The van der Waals surface area contributed by atoms with Gasteiger partial charge in [-0.3, -0.25) is 9.59 Å². The van der Waals surface area contributed by atoms with Crippen LogP contribution in [0.1, 0.15) is 28.4 Å². The van der Waals surface area contributed by atoms with Crippen molar-refractivity contribution >= 4 is 11.8 Å². The van der Waals surface area contributed by atoms with Crippen molar-refractivity contribution in [1.29, 1.82) is 0 Å². The number of carbonyl (C=O) groups is 2. The van der Waals surface area contributed by atoms with Gasteiger partial charge >= 0.3 is 0 Å². The first-order valence-corrected chi connectivity index (χ1v) is 9.22. The molecule has 0 bridgehead atoms. The maximum Gasteiger partial charge on any atom is 0.254 e. The molecule has 0 aromatic heterocycles. The number of nitrogens with zero attached hydrogens (tertiary/aromatic N) is 2. The van der Waals surface area contributed by atoms with Crippen LogP contribution in [0, 0.1) is 11.6 Å². The fourth-order valence-corrected chi connectivity index (χ4v) is 3.37. The van der Waals surface area contributed by atoms with E-state index in [2.05, 4.69) is 10.2 Å². The van der Waals surface area contributed by atoms with E-state index in [4.69, 9.17) is 0 Å². The molecule has 2 aromatic rings. The highest BCUT2D eigenvalue weighted by Crippen LogP contribution is 2.25. The van der Waals surface area contributed by atoms with E-state index in [0.29, 0.717) is 12.6 Å². The predicted molar refractivity (Wildman–Crippen MR) is 102 cm³/mol. The van der Waals surface area contributed by atoms with Gasteiger partial charge < -0.3 is 15.1 Å². The lowest BCUT2D eigenvalue weighted by Crippen LogP contribution is -2.49. The van der Waals surface area contributed by atoms with E-state index >= 15 is 0 Å². The van der Waals surface area contributed by atoms with Crippen molar-refractivity contribution < 1.29 is 18.4 Å². The van der Waals surface area contributed by atoms with E-state index in [0.717, 1.165) is 30.8 Å². The molecule has 1 aliphatic heterocycles. The third-order valence-electron chi connectivity index (χ3n) is 4.89. The number of halogens is 2. The van der Waals surface area contributed by atoms with Gasteiger partial charge in [-0.05, 0) is 24.7 Å². The van der Waals surface area contributed by atoms with Crippen LogP contribution in [0.15, 0.2) is 48.5 Å². The van der Waals surface area contributed by atoms with Gasteiger partial charge in [0.2, 0.25) is 5.91 Å². The molecular weight excluding hydrogens is 364 g/mol. The average Bonchev–Trinajstić information content (AvgIpc) is 2.68. The fraction of sp³-hybridized carbons (Fsp3) is 0.333. The highest BCUT2D eigenvalue weighted by Gasteiger charge is 2.29. The molecule has 1 fully saturated rings. The van der Waals surface area contributed by atoms with Crippen molar-refractivity contribution in [3.8, 4) is 0 Å². The number of rotatable bonds is 5. The molecule has 1 heterocycles. The Morgan fingerprint density at radius 3 is 2.57 bits per heavy atom. The molecule has 2 aromatic carbocycles. The summed E-state index contributed by atoms with van der Waals surface area (Å²) >= 11 is 0. The molecule has 1 atom stereocenters. The molecule has 0 saturated carbocycles. The minimum absolute atomic E-state index is 0.0438. The van der Waals surface area contributed by atoms with Gasteiger partial charge in [-0.15, -0.1) is 0 Å². The maximum absolute atomic E-state index is 13.7. The molecular formula is C21H23F2N3O2. The normalized spacial score (nSPS) is 17.4. The Morgan fingerprint density at radius 1 is 1.11 bits per heavy atom. The topological polar surface area (TPSA) is 52.6 Å². The SMILES string of the molecule is CN1CCN(C(=O)CCNC(=O)c2ccc(F)cc2F)[C@H](c2ccccc2)C1. The van der Waals surface area contributed by atoms with Crippen LogP contribution in [0.3, 0.4) is 0 Å².